The fourth-order valence-corrected chi connectivity index (χ4v) is 3.01. The Hall–Kier alpha value is -3.29. The van der Waals surface area contributed by atoms with Crippen LogP contribution in [0.15, 0.2) is 35.4 Å². The Bertz CT molecular complexity index is 1070. The molecule has 0 saturated heterocycles. The molecule has 3 aromatic rings. The topological polar surface area (TPSA) is 81.4 Å². The number of nitrogens with one attached hydrogen (secondary N) is 1. The molecule has 27 heavy (non-hydrogen) atoms. The number of carbonyl (C=O) groups is 1. The molecule has 1 aromatic carbocycles. The van der Waals surface area contributed by atoms with E-state index in [4.69, 9.17) is 4.74 Å². The fourth-order valence-electron chi connectivity index (χ4n) is 3.01. The van der Waals surface area contributed by atoms with Gasteiger partial charge in [0.25, 0.3) is 0 Å². The minimum absolute atomic E-state index is 0.138. The lowest BCUT2D eigenvalue weighted by atomic mass is 10.1. The largest absolute Gasteiger partial charge is 0.494 e. The zero-order valence-corrected chi connectivity index (χ0v) is 16.1. The third kappa shape index (κ3) is 3.38. The van der Waals surface area contributed by atoms with Crippen LogP contribution in [0.2, 0.25) is 0 Å². The summed E-state index contributed by atoms with van der Waals surface area (Å²) in [6.45, 7) is 2.41. The Morgan fingerprint density at radius 3 is 2.56 bits per heavy atom. The number of carbonyl (C=O) groups excluding carboxylic acids is 1. The Balaban J connectivity index is 1.89. The van der Waals surface area contributed by atoms with Crippen molar-refractivity contribution in [3.8, 4) is 5.75 Å². The van der Waals surface area contributed by atoms with Gasteiger partial charge < -0.3 is 15.0 Å². The van der Waals surface area contributed by atoms with Gasteiger partial charge in [-0.3, -0.25) is 14.1 Å². The van der Waals surface area contributed by atoms with Gasteiger partial charge in [-0.1, -0.05) is 0 Å². The van der Waals surface area contributed by atoms with Gasteiger partial charge in [0, 0.05) is 46.1 Å². The number of hydrogen-bond donors (Lipinski definition) is 1. The van der Waals surface area contributed by atoms with Crippen LogP contribution in [0, 0.1) is 6.92 Å². The number of amides is 2. The van der Waals surface area contributed by atoms with Gasteiger partial charge in [0.15, 0.2) is 0 Å². The van der Waals surface area contributed by atoms with Crippen LogP contribution in [0.1, 0.15) is 11.1 Å². The minimum Gasteiger partial charge on any atom is -0.494 e. The highest BCUT2D eigenvalue weighted by atomic mass is 16.5. The van der Waals surface area contributed by atoms with E-state index < -0.39 is 0 Å². The summed E-state index contributed by atoms with van der Waals surface area (Å²) in [6, 6.07) is 5.12. The first-order valence-electron chi connectivity index (χ1n) is 8.48. The Kier molecular flexibility index (Phi) is 4.89. The number of anilines is 1. The molecule has 0 saturated carbocycles. The second-order valence-electron chi connectivity index (χ2n) is 6.53. The quantitative estimate of drug-likeness (QED) is 0.765. The van der Waals surface area contributed by atoms with Crippen molar-refractivity contribution in [3.63, 3.8) is 0 Å². The summed E-state index contributed by atoms with van der Waals surface area (Å²) in [7, 11) is 6.65. The summed E-state index contributed by atoms with van der Waals surface area (Å²) in [4.78, 5) is 30.5. The third-order valence-corrected chi connectivity index (χ3v) is 4.73. The van der Waals surface area contributed by atoms with Gasteiger partial charge in [-0.05, 0) is 30.2 Å². The fraction of sp³-hybridized carbons (Fsp3) is 0.316. The van der Waals surface area contributed by atoms with Gasteiger partial charge in [-0.15, -0.1) is 0 Å². The van der Waals surface area contributed by atoms with E-state index in [1.165, 1.54) is 11.7 Å². The highest BCUT2D eigenvalue weighted by Gasteiger charge is 2.17. The molecule has 0 aliphatic carbocycles. The Morgan fingerprint density at radius 1 is 1.26 bits per heavy atom. The number of ether oxygens (including phenoxy) is 1. The van der Waals surface area contributed by atoms with Gasteiger partial charge in [0.05, 0.1) is 23.8 Å². The number of pyridine rings is 1. The van der Waals surface area contributed by atoms with Crippen molar-refractivity contribution >= 4 is 22.8 Å². The molecule has 0 radical (unpaired) electrons. The lowest BCUT2D eigenvalue weighted by molar-refractivity contribution is 0.220. The maximum absolute atomic E-state index is 12.7. The molecule has 0 fully saturated rings. The molecule has 3 rings (SSSR count). The summed E-state index contributed by atoms with van der Waals surface area (Å²) in [5.41, 5.74) is 3.87. The van der Waals surface area contributed by atoms with E-state index >= 15 is 0 Å². The number of benzene rings is 1. The molecule has 0 spiro atoms. The second kappa shape index (κ2) is 7.14. The molecule has 8 heteroatoms. The Labute approximate surface area is 157 Å². The van der Waals surface area contributed by atoms with E-state index in [1.54, 1.807) is 55.1 Å². The summed E-state index contributed by atoms with van der Waals surface area (Å²) < 4.78 is 8.49. The average Bonchev–Trinajstić information content (AvgIpc) is 2.86. The van der Waals surface area contributed by atoms with Gasteiger partial charge in [0.1, 0.15) is 5.75 Å². The van der Waals surface area contributed by atoms with Gasteiger partial charge >= 0.3 is 11.7 Å². The number of fused-ring (bicyclic) bond motifs is 1. The molecule has 0 unspecified atom stereocenters. The monoisotopic (exact) mass is 369 g/mol. The number of hydrogen-bond acceptors (Lipinski definition) is 4. The number of rotatable bonds is 4. The van der Waals surface area contributed by atoms with Gasteiger partial charge in [-0.2, -0.15) is 0 Å². The number of urea groups is 1. The molecule has 0 bridgehead atoms. The summed E-state index contributed by atoms with van der Waals surface area (Å²) in [5, 5.41) is 2.87. The van der Waals surface area contributed by atoms with Crippen molar-refractivity contribution in [1.82, 2.24) is 19.0 Å². The van der Waals surface area contributed by atoms with E-state index in [1.807, 2.05) is 13.0 Å². The van der Waals surface area contributed by atoms with Crippen molar-refractivity contribution in [1.29, 1.82) is 0 Å². The van der Waals surface area contributed by atoms with E-state index in [2.05, 4.69) is 10.3 Å². The van der Waals surface area contributed by atoms with Crippen LogP contribution < -0.4 is 15.7 Å². The van der Waals surface area contributed by atoms with Crippen LogP contribution in [-0.4, -0.2) is 39.2 Å². The van der Waals surface area contributed by atoms with Crippen molar-refractivity contribution in [2.45, 2.75) is 13.5 Å². The van der Waals surface area contributed by atoms with Crippen LogP contribution in [0.4, 0.5) is 10.5 Å². The summed E-state index contributed by atoms with van der Waals surface area (Å²) in [5.74, 6) is 0.491. The van der Waals surface area contributed by atoms with Crippen molar-refractivity contribution in [2.75, 3.05) is 19.5 Å². The van der Waals surface area contributed by atoms with E-state index in [0.717, 1.165) is 16.6 Å². The van der Waals surface area contributed by atoms with Crippen molar-refractivity contribution < 1.29 is 9.53 Å². The predicted molar refractivity (Wildman–Crippen MR) is 104 cm³/mol. The van der Waals surface area contributed by atoms with E-state index in [-0.39, 0.29) is 11.7 Å². The lowest BCUT2D eigenvalue weighted by Gasteiger charge is -2.20. The number of aryl methyl sites for hydroxylation is 3. The van der Waals surface area contributed by atoms with Crippen LogP contribution in [0.25, 0.3) is 11.0 Å². The molecule has 1 N–H and O–H groups in total. The van der Waals surface area contributed by atoms with Gasteiger partial charge in [0.2, 0.25) is 0 Å². The number of imidazole rings is 1. The highest BCUT2D eigenvalue weighted by Crippen LogP contribution is 2.30. The van der Waals surface area contributed by atoms with E-state index in [0.29, 0.717) is 23.5 Å². The maximum atomic E-state index is 12.7. The SMILES string of the molecule is COc1cc2c(cc1NC(=O)N(C)Cc1ccncc1C)n(C)c(=O)n2C. The lowest BCUT2D eigenvalue weighted by Crippen LogP contribution is -2.31. The average molecular weight is 369 g/mol. The molecular weight excluding hydrogens is 346 g/mol. The predicted octanol–water partition coefficient (Wildman–Crippen LogP) is 2.25. The molecule has 0 atom stereocenters. The highest BCUT2D eigenvalue weighted by molar-refractivity contribution is 5.94. The first-order chi connectivity index (χ1) is 12.8. The van der Waals surface area contributed by atoms with Crippen LogP contribution in [0.3, 0.4) is 0 Å². The van der Waals surface area contributed by atoms with Gasteiger partial charge in [-0.25, -0.2) is 9.59 Å². The second-order valence-corrected chi connectivity index (χ2v) is 6.53. The minimum atomic E-state index is -0.273. The molecule has 142 valence electrons. The molecule has 2 amide bonds. The summed E-state index contributed by atoms with van der Waals surface area (Å²) in [6.07, 6.45) is 3.48. The summed E-state index contributed by atoms with van der Waals surface area (Å²) >= 11 is 0. The molecule has 2 aromatic heterocycles. The molecule has 0 aliphatic heterocycles. The number of methoxy groups -OCH3 is 1. The zero-order valence-electron chi connectivity index (χ0n) is 16.1. The molecule has 2 heterocycles. The van der Waals surface area contributed by atoms with Crippen LogP contribution in [-0.2, 0) is 20.6 Å². The number of aromatic nitrogens is 3. The zero-order chi connectivity index (χ0) is 19.7. The molecule has 0 aliphatic rings. The first-order valence-corrected chi connectivity index (χ1v) is 8.48. The van der Waals surface area contributed by atoms with Crippen molar-refractivity contribution in [2.24, 2.45) is 14.1 Å². The van der Waals surface area contributed by atoms with Crippen LogP contribution >= 0.6 is 0 Å². The number of nitrogens with zero attached hydrogens (tertiary/aromatic N) is 4. The standard InChI is InChI=1S/C19H23N5O3/c1-12-10-20-7-6-13(12)11-22(2)18(25)21-14-8-15-16(9-17(14)27-5)24(4)19(26)23(15)3/h6-10H,11H2,1-5H3,(H,21,25). The maximum Gasteiger partial charge on any atom is 0.328 e. The van der Waals surface area contributed by atoms with Crippen LogP contribution in [0.5, 0.6) is 5.75 Å². The normalized spacial score (nSPS) is 10.9. The smallest absolute Gasteiger partial charge is 0.328 e. The first kappa shape index (κ1) is 18.5. The van der Waals surface area contributed by atoms with Crippen molar-refractivity contribution in [3.05, 3.63) is 52.2 Å². The molecular formula is C19H23N5O3. The Morgan fingerprint density at radius 2 is 1.93 bits per heavy atom. The molecule has 8 nitrogen and oxygen atoms in total. The van der Waals surface area contributed by atoms with E-state index in [9.17, 15) is 9.59 Å². The third-order valence-electron chi connectivity index (χ3n) is 4.73.